The van der Waals surface area contributed by atoms with Crippen LogP contribution in [0.5, 0.6) is 5.75 Å². The van der Waals surface area contributed by atoms with E-state index in [1.165, 1.54) is 0 Å². The van der Waals surface area contributed by atoms with Gasteiger partial charge in [0.15, 0.2) is 10.6 Å². The highest BCUT2D eigenvalue weighted by atomic mass is 32.1. The van der Waals surface area contributed by atoms with Crippen LogP contribution in [0.25, 0.3) is 0 Å². The van der Waals surface area contributed by atoms with E-state index in [0.29, 0.717) is 30.2 Å². The van der Waals surface area contributed by atoms with Gasteiger partial charge in [-0.05, 0) is 49.2 Å². The second kappa shape index (κ2) is 6.95. The molecule has 0 aliphatic heterocycles. The van der Waals surface area contributed by atoms with Gasteiger partial charge in [0, 0.05) is 12.5 Å². The van der Waals surface area contributed by atoms with Crippen LogP contribution in [0.4, 0.5) is 0 Å². The van der Waals surface area contributed by atoms with Crippen LogP contribution in [0.3, 0.4) is 0 Å². The quantitative estimate of drug-likeness (QED) is 0.764. The number of nitrogens with zero attached hydrogens (tertiary/aromatic N) is 2. The Bertz CT molecular complexity index is 749. The zero-order valence-electron chi connectivity index (χ0n) is 13.0. The van der Waals surface area contributed by atoms with Crippen LogP contribution < -0.4 is 10.1 Å². The average molecular weight is 332 g/mol. The molecule has 0 saturated heterocycles. The number of benzene rings is 1. The molecule has 1 amide bonds. The van der Waals surface area contributed by atoms with Gasteiger partial charge in [-0.15, -0.1) is 0 Å². The van der Waals surface area contributed by atoms with E-state index in [1.807, 2.05) is 28.8 Å². The van der Waals surface area contributed by atoms with Crippen molar-refractivity contribution in [3.05, 3.63) is 40.4 Å². The van der Waals surface area contributed by atoms with Crippen molar-refractivity contribution in [3.63, 3.8) is 0 Å². The van der Waals surface area contributed by atoms with Crippen molar-refractivity contribution in [2.45, 2.75) is 38.3 Å². The minimum absolute atomic E-state index is 0.00378. The van der Waals surface area contributed by atoms with Gasteiger partial charge < -0.3 is 10.1 Å². The number of aryl methyl sites for hydroxylation is 1. The lowest BCUT2D eigenvalue weighted by atomic mass is 10.1. The van der Waals surface area contributed by atoms with E-state index >= 15 is 0 Å². The highest BCUT2D eigenvalue weighted by Gasteiger charge is 2.27. The minimum atomic E-state index is 0.00378. The van der Waals surface area contributed by atoms with Crippen LogP contribution >= 0.6 is 12.2 Å². The summed E-state index contributed by atoms with van der Waals surface area (Å²) >= 11 is 5.23. The first-order chi connectivity index (χ1) is 11.2. The third-order valence-electron chi connectivity index (χ3n) is 3.91. The number of methoxy groups -OCH3 is 1. The molecule has 23 heavy (non-hydrogen) atoms. The lowest BCUT2D eigenvalue weighted by Crippen LogP contribution is -2.25. The SMILES string of the molecule is COc1cccc(CCC(=O)NCc2n[nH]c(=S)n2C2CC2)c1. The molecule has 2 aromatic rings. The maximum atomic E-state index is 12.0. The zero-order valence-corrected chi connectivity index (χ0v) is 13.9. The maximum Gasteiger partial charge on any atom is 0.220 e. The fourth-order valence-electron chi connectivity index (χ4n) is 2.52. The second-order valence-corrected chi connectivity index (χ2v) is 6.06. The molecule has 1 aromatic carbocycles. The zero-order chi connectivity index (χ0) is 16.2. The first-order valence-electron chi connectivity index (χ1n) is 7.73. The number of ether oxygens (including phenoxy) is 1. The number of hydrogen-bond acceptors (Lipinski definition) is 4. The molecule has 3 rings (SSSR count). The van der Waals surface area contributed by atoms with E-state index in [-0.39, 0.29) is 5.91 Å². The molecule has 0 atom stereocenters. The van der Waals surface area contributed by atoms with E-state index in [1.54, 1.807) is 7.11 Å². The molecule has 1 aliphatic carbocycles. The summed E-state index contributed by atoms with van der Waals surface area (Å²) in [5, 5.41) is 9.92. The molecule has 0 radical (unpaired) electrons. The maximum absolute atomic E-state index is 12.0. The number of nitrogens with one attached hydrogen (secondary N) is 2. The Morgan fingerprint density at radius 3 is 3.09 bits per heavy atom. The molecule has 1 heterocycles. The smallest absolute Gasteiger partial charge is 0.220 e. The number of hydrogen-bond donors (Lipinski definition) is 2. The van der Waals surface area contributed by atoms with Gasteiger partial charge in [-0.25, -0.2) is 0 Å². The average Bonchev–Trinajstić information content (AvgIpc) is 3.34. The standard InChI is InChI=1S/C16H20N4O2S/c1-22-13-4-2-3-11(9-13)5-8-15(21)17-10-14-18-19-16(23)20(14)12-6-7-12/h2-4,9,12H,5-8,10H2,1H3,(H,17,21)(H,19,23). The first-order valence-corrected chi connectivity index (χ1v) is 8.13. The predicted octanol–water partition coefficient (Wildman–Crippen LogP) is 2.53. The number of carbonyl (C=O) groups is 1. The van der Waals surface area contributed by atoms with Crippen molar-refractivity contribution < 1.29 is 9.53 Å². The summed E-state index contributed by atoms with van der Waals surface area (Å²) in [7, 11) is 1.64. The molecular weight excluding hydrogens is 312 g/mol. The summed E-state index contributed by atoms with van der Waals surface area (Å²) in [6.45, 7) is 0.403. The van der Waals surface area contributed by atoms with Gasteiger partial charge in [-0.3, -0.25) is 14.5 Å². The number of aromatic amines is 1. The summed E-state index contributed by atoms with van der Waals surface area (Å²) in [6.07, 6.45) is 3.37. The summed E-state index contributed by atoms with van der Waals surface area (Å²) in [4.78, 5) is 12.0. The van der Waals surface area contributed by atoms with Crippen LogP contribution in [0.1, 0.15) is 36.7 Å². The Labute approximate surface area is 139 Å². The Kier molecular flexibility index (Phi) is 4.76. The fraction of sp³-hybridized carbons (Fsp3) is 0.438. The van der Waals surface area contributed by atoms with Crippen LogP contribution in [-0.2, 0) is 17.8 Å². The summed E-state index contributed by atoms with van der Waals surface area (Å²) in [6, 6.07) is 8.22. The molecule has 1 fully saturated rings. The van der Waals surface area contributed by atoms with E-state index < -0.39 is 0 Å². The highest BCUT2D eigenvalue weighted by Crippen LogP contribution is 2.35. The summed E-state index contributed by atoms with van der Waals surface area (Å²) < 4.78 is 7.83. The lowest BCUT2D eigenvalue weighted by Gasteiger charge is -2.07. The van der Waals surface area contributed by atoms with Crippen molar-refractivity contribution in [2.75, 3.05) is 7.11 Å². The molecule has 0 unspecified atom stereocenters. The first kappa shape index (κ1) is 15.7. The van der Waals surface area contributed by atoms with Gasteiger partial charge in [0.25, 0.3) is 0 Å². The Morgan fingerprint density at radius 1 is 1.52 bits per heavy atom. The van der Waals surface area contributed by atoms with Crippen LogP contribution in [0.2, 0.25) is 0 Å². The third-order valence-corrected chi connectivity index (χ3v) is 4.20. The lowest BCUT2D eigenvalue weighted by molar-refractivity contribution is -0.121. The van der Waals surface area contributed by atoms with Gasteiger partial charge in [-0.2, -0.15) is 5.10 Å². The largest absolute Gasteiger partial charge is 0.497 e. The molecule has 6 nitrogen and oxygen atoms in total. The Hall–Kier alpha value is -2.15. The van der Waals surface area contributed by atoms with E-state index in [0.717, 1.165) is 30.0 Å². The fourth-order valence-corrected chi connectivity index (χ4v) is 2.82. The molecule has 7 heteroatoms. The van der Waals surface area contributed by atoms with E-state index in [9.17, 15) is 4.79 Å². The predicted molar refractivity (Wildman–Crippen MR) is 88.8 cm³/mol. The van der Waals surface area contributed by atoms with Gasteiger partial charge >= 0.3 is 0 Å². The summed E-state index contributed by atoms with van der Waals surface area (Å²) in [5.41, 5.74) is 1.08. The molecule has 1 saturated carbocycles. The van der Waals surface area contributed by atoms with Crippen LogP contribution in [0, 0.1) is 4.77 Å². The van der Waals surface area contributed by atoms with Gasteiger partial charge in [0.05, 0.1) is 13.7 Å². The van der Waals surface area contributed by atoms with Crippen molar-refractivity contribution >= 4 is 18.1 Å². The van der Waals surface area contributed by atoms with Crippen molar-refractivity contribution in [2.24, 2.45) is 0 Å². The number of carbonyl (C=O) groups excluding carboxylic acids is 1. The van der Waals surface area contributed by atoms with Crippen LogP contribution in [0.15, 0.2) is 24.3 Å². The normalized spacial score (nSPS) is 13.8. The highest BCUT2D eigenvalue weighted by molar-refractivity contribution is 7.71. The second-order valence-electron chi connectivity index (χ2n) is 5.67. The van der Waals surface area contributed by atoms with E-state index in [4.69, 9.17) is 17.0 Å². The van der Waals surface area contributed by atoms with Crippen LogP contribution in [-0.4, -0.2) is 27.8 Å². The van der Waals surface area contributed by atoms with E-state index in [2.05, 4.69) is 15.5 Å². The molecule has 2 N–H and O–H groups in total. The molecule has 0 spiro atoms. The Morgan fingerprint density at radius 2 is 2.35 bits per heavy atom. The number of rotatable bonds is 7. The monoisotopic (exact) mass is 332 g/mol. The molecule has 0 bridgehead atoms. The molecule has 1 aromatic heterocycles. The minimum Gasteiger partial charge on any atom is -0.497 e. The Balaban J connectivity index is 1.51. The van der Waals surface area contributed by atoms with Crippen molar-refractivity contribution in [1.29, 1.82) is 0 Å². The number of aromatic nitrogens is 3. The number of amides is 1. The van der Waals surface area contributed by atoms with Crippen molar-refractivity contribution in [1.82, 2.24) is 20.1 Å². The molecule has 1 aliphatic rings. The molecule has 122 valence electrons. The van der Waals surface area contributed by atoms with Gasteiger partial charge in [0.1, 0.15) is 5.75 Å². The van der Waals surface area contributed by atoms with Crippen molar-refractivity contribution in [3.8, 4) is 5.75 Å². The summed E-state index contributed by atoms with van der Waals surface area (Å²) in [5.74, 6) is 1.61. The molecular formula is C16H20N4O2S. The van der Waals surface area contributed by atoms with Gasteiger partial charge in [0.2, 0.25) is 5.91 Å². The van der Waals surface area contributed by atoms with Gasteiger partial charge in [-0.1, -0.05) is 12.1 Å². The number of H-pyrrole nitrogens is 1. The topological polar surface area (TPSA) is 71.9 Å². The third kappa shape index (κ3) is 3.98.